The van der Waals surface area contributed by atoms with Crippen LogP contribution in [0.1, 0.15) is 39.1 Å². The van der Waals surface area contributed by atoms with Crippen molar-refractivity contribution in [3.8, 4) is 0 Å². The van der Waals surface area contributed by atoms with E-state index in [-0.39, 0.29) is 47.9 Å². The highest BCUT2D eigenvalue weighted by Gasteiger charge is 2.30. The highest BCUT2D eigenvalue weighted by molar-refractivity contribution is 7.89. The number of ether oxygens (including phenoxy) is 2. The van der Waals surface area contributed by atoms with Gasteiger partial charge in [-0.1, -0.05) is 12.1 Å². The first kappa shape index (κ1) is 23.1. The molecule has 1 amide bonds. The lowest BCUT2D eigenvalue weighted by molar-refractivity contribution is 0.0599. The summed E-state index contributed by atoms with van der Waals surface area (Å²) in [5, 5.41) is 5.99. The molecule has 0 radical (unpaired) electrons. The van der Waals surface area contributed by atoms with Gasteiger partial charge < -0.3 is 20.1 Å². The molecule has 0 unspecified atom stereocenters. The molecule has 1 saturated heterocycles. The smallest absolute Gasteiger partial charge is 0.339 e. The summed E-state index contributed by atoms with van der Waals surface area (Å²) in [6.07, 6.45) is 3.31. The molecule has 2 fully saturated rings. The van der Waals surface area contributed by atoms with Crippen molar-refractivity contribution in [3.63, 3.8) is 0 Å². The van der Waals surface area contributed by atoms with Crippen LogP contribution >= 0.6 is 0 Å². The Morgan fingerprint density at radius 2 is 1.85 bits per heavy atom. The Balaban J connectivity index is 1.53. The summed E-state index contributed by atoms with van der Waals surface area (Å²) in [5.41, 5.74) is 1.45. The van der Waals surface area contributed by atoms with Crippen LogP contribution in [0.25, 0.3) is 0 Å². The largest absolute Gasteiger partial charge is 0.465 e. The minimum Gasteiger partial charge on any atom is -0.465 e. The van der Waals surface area contributed by atoms with Crippen LogP contribution in [0.15, 0.2) is 41.4 Å². The zero-order valence-electron chi connectivity index (χ0n) is 18.2. The number of anilines is 1. The maximum absolute atomic E-state index is 13.3. The van der Waals surface area contributed by atoms with E-state index in [0.717, 1.165) is 18.4 Å². The van der Waals surface area contributed by atoms with Gasteiger partial charge in [0.1, 0.15) is 10.7 Å². The number of esters is 1. The van der Waals surface area contributed by atoms with Gasteiger partial charge in [0.2, 0.25) is 10.0 Å². The Morgan fingerprint density at radius 3 is 2.48 bits per heavy atom. The number of hydrogen-bond donors (Lipinski definition) is 2. The quantitative estimate of drug-likeness (QED) is 0.550. The van der Waals surface area contributed by atoms with E-state index >= 15 is 0 Å². The number of pyridine rings is 1. The number of nitrogens with one attached hydrogen (secondary N) is 2. The highest BCUT2D eigenvalue weighted by atomic mass is 32.2. The molecule has 0 bridgehead atoms. The third-order valence-corrected chi connectivity index (χ3v) is 7.36. The van der Waals surface area contributed by atoms with Gasteiger partial charge in [0.15, 0.2) is 0 Å². The number of methoxy groups -OCH3 is 1. The van der Waals surface area contributed by atoms with Crippen molar-refractivity contribution in [2.45, 2.75) is 30.3 Å². The molecule has 1 aromatic carbocycles. The third-order valence-electron chi connectivity index (χ3n) is 5.45. The summed E-state index contributed by atoms with van der Waals surface area (Å²) in [6.45, 7) is 1.31. The average Bonchev–Trinajstić information content (AvgIpc) is 3.67. The van der Waals surface area contributed by atoms with E-state index in [0.29, 0.717) is 18.8 Å². The van der Waals surface area contributed by atoms with Gasteiger partial charge in [-0.05, 0) is 36.6 Å². The number of morpholine rings is 1. The number of amides is 1. The predicted octanol–water partition coefficient (Wildman–Crippen LogP) is 1.39. The Hall–Kier alpha value is -3.02. The first-order chi connectivity index (χ1) is 15.9. The number of carbonyl (C=O) groups excluding carboxylic acids is 2. The Bertz CT molecular complexity index is 1130. The highest BCUT2D eigenvalue weighted by Crippen LogP contribution is 2.26. The van der Waals surface area contributed by atoms with Gasteiger partial charge in [0.25, 0.3) is 5.91 Å². The van der Waals surface area contributed by atoms with E-state index in [1.807, 2.05) is 0 Å². The zero-order chi connectivity index (χ0) is 23.4. The average molecular weight is 475 g/mol. The summed E-state index contributed by atoms with van der Waals surface area (Å²) in [6, 6.07) is 8.62. The van der Waals surface area contributed by atoms with E-state index in [1.165, 1.54) is 23.7 Å². The molecule has 33 heavy (non-hydrogen) atoms. The van der Waals surface area contributed by atoms with Crippen molar-refractivity contribution in [1.82, 2.24) is 14.6 Å². The molecule has 0 spiro atoms. The second-order valence-corrected chi connectivity index (χ2v) is 9.78. The van der Waals surface area contributed by atoms with Crippen LogP contribution in [0.5, 0.6) is 0 Å². The van der Waals surface area contributed by atoms with E-state index in [9.17, 15) is 18.0 Å². The normalized spacial score (nSPS) is 16.8. The lowest BCUT2D eigenvalue weighted by Gasteiger charge is -2.27. The standard InChI is InChI=1S/C22H26N4O6S/c1-31-22(28)17-12-19(33(29,30)26-8-10-32-11-9-26)20(24-14-17)23-13-15-2-4-16(5-3-15)21(27)25-18-6-7-18/h2-5,12,14,18H,6-11,13H2,1H3,(H,23,24)(H,25,27). The summed E-state index contributed by atoms with van der Waals surface area (Å²) < 4.78 is 37.9. The molecule has 1 aliphatic heterocycles. The maximum atomic E-state index is 13.3. The summed E-state index contributed by atoms with van der Waals surface area (Å²) in [4.78, 5) is 28.2. The third kappa shape index (κ3) is 5.49. The van der Waals surface area contributed by atoms with Crippen LogP contribution in [-0.4, -0.2) is 69.0 Å². The van der Waals surface area contributed by atoms with Crippen LogP contribution < -0.4 is 10.6 Å². The lowest BCUT2D eigenvalue weighted by atomic mass is 10.1. The molecule has 1 saturated carbocycles. The first-order valence-electron chi connectivity index (χ1n) is 10.7. The molecule has 1 aromatic heterocycles. The Labute approximate surface area is 192 Å². The predicted molar refractivity (Wildman–Crippen MR) is 119 cm³/mol. The van der Waals surface area contributed by atoms with Gasteiger partial charge in [0, 0.05) is 37.4 Å². The minimum atomic E-state index is -3.92. The van der Waals surface area contributed by atoms with Crippen molar-refractivity contribution in [3.05, 3.63) is 53.2 Å². The molecule has 0 atom stereocenters. The van der Waals surface area contributed by atoms with Gasteiger partial charge in [0.05, 0.1) is 25.9 Å². The van der Waals surface area contributed by atoms with Gasteiger partial charge in [-0.25, -0.2) is 18.2 Å². The molecular formula is C22H26N4O6S. The molecule has 10 nitrogen and oxygen atoms in total. The Kier molecular flexibility index (Phi) is 6.91. The van der Waals surface area contributed by atoms with E-state index in [1.54, 1.807) is 24.3 Å². The second-order valence-electron chi connectivity index (χ2n) is 7.88. The molecule has 176 valence electrons. The number of rotatable bonds is 8. The topological polar surface area (TPSA) is 127 Å². The molecule has 2 heterocycles. The van der Waals surface area contributed by atoms with Crippen LogP contribution in [0, 0.1) is 0 Å². The lowest BCUT2D eigenvalue weighted by Crippen LogP contribution is -2.41. The van der Waals surface area contributed by atoms with Gasteiger partial charge in [-0.15, -0.1) is 0 Å². The number of sulfonamides is 1. The number of benzene rings is 1. The molecule has 2 aromatic rings. The van der Waals surface area contributed by atoms with Crippen molar-refractivity contribution >= 4 is 27.7 Å². The van der Waals surface area contributed by atoms with Gasteiger partial charge in [-0.3, -0.25) is 4.79 Å². The zero-order valence-corrected chi connectivity index (χ0v) is 19.1. The van der Waals surface area contributed by atoms with Crippen LogP contribution in [0.2, 0.25) is 0 Å². The van der Waals surface area contributed by atoms with Gasteiger partial charge >= 0.3 is 5.97 Å². The number of aromatic nitrogens is 1. The summed E-state index contributed by atoms with van der Waals surface area (Å²) in [7, 11) is -2.70. The van der Waals surface area contributed by atoms with Gasteiger partial charge in [-0.2, -0.15) is 4.31 Å². The Morgan fingerprint density at radius 1 is 1.15 bits per heavy atom. The van der Waals surface area contributed by atoms with Crippen molar-refractivity contribution in [2.75, 3.05) is 38.7 Å². The summed E-state index contributed by atoms with van der Waals surface area (Å²) >= 11 is 0. The van der Waals surface area contributed by atoms with Crippen molar-refractivity contribution in [2.24, 2.45) is 0 Å². The van der Waals surface area contributed by atoms with Crippen LogP contribution in [0.4, 0.5) is 5.82 Å². The number of hydrogen-bond acceptors (Lipinski definition) is 8. The van der Waals surface area contributed by atoms with Crippen LogP contribution in [0.3, 0.4) is 0 Å². The van der Waals surface area contributed by atoms with E-state index in [2.05, 4.69) is 15.6 Å². The fraction of sp³-hybridized carbons (Fsp3) is 0.409. The summed E-state index contributed by atoms with van der Waals surface area (Å²) in [5.74, 6) is -0.645. The molecule has 2 N–H and O–H groups in total. The van der Waals surface area contributed by atoms with Crippen molar-refractivity contribution in [1.29, 1.82) is 0 Å². The molecule has 4 rings (SSSR count). The maximum Gasteiger partial charge on any atom is 0.339 e. The second kappa shape index (κ2) is 9.86. The van der Waals surface area contributed by atoms with Crippen molar-refractivity contribution < 1.29 is 27.5 Å². The SMILES string of the molecule is COC(=O)c1cnc(NCc2ccc(C(=O)NC3CC3)cc2)c(S(=O)(=O)N2CCOCC2)c1. The molecule has 2 aliphatic rings. The monoisotopic (exact) mass is 474 g/mol. The molecule has 1 aliphatic carbocycles. The molecular weight excluding hydrogens is 448 g/mol. The van der Waals surface area contributed by atoms with Crippen LogP contribution in [-0.2, 0) is 26.0 Å². The molecule has 11 heteroatoms. The first-order valence-corrected chi connectivity index (χ1v) is 12.1. The number of carbonyl (C=O) groups is 2. The fourth-order valence-electron chi connectivity index (χ4n) is 3.39. The van der Waals surface area contributed by atoms with E-state index in [4.69, 9.17) is 9.47 Å². The van der Waals surface area contributed by atoms with E-state index < -0.39 is 16.0 Å². The number of nitrogens with zero attached hydrogens (tertiary/aromatic N) is 2. The fourth-order valence-corrected chi connectivity index (χ4v) is 4.94. The minimum absolute atomic E-state index is 0.0425.